The normalized spacial score (nSPS) is 20.6. The third-order valence-electron chi connectivity index (χ3n) is 6.37. The number of nitrogens with one attached hydrogen (secondary N) is 1. The van der Waals surface area contributed by atoms with Crippen molar-refractivity contribution in [2.75, 3.05) is 33.2 Å². The summed E-state index contributed by atoms with van der Waals surface area (Å²) in [6.07, 6.45) is 3.57. The molecule has 2 aliphatic rings. The first-order valence-electron chi connectivity index (χ1n) is 10.5. The van der Waals surface area contributed by atoms with Crippen LogP contribution in [-0.4, -0.2) is 48.9 Å². The highest BCUT2D eigenvalue weighted by atomic mass is 16.1. The van der Waals surface area contributed by atoms with Gasteiger partial charge in [-0.3, -0.25) is 9.69 Å². The zero-order chi connectivity index (χ0) is 19.5. The Hall–Kier alpha value is -2.17. The quantitative estimate of drug-likeness (QED) is 0.885. The number of hydrogen-bond donors (Lipinski definition) is 1. The molecule has 1 amide bonds. The van der Waals surface area contributed by atoms with E-state index < -0.39 is 0 Å². The van der Waals surface area contributed by atoms with Gasteiger partial charge in [0.25, 0.3) is 5.91 Å². The van der Waals surface area contributed by atoms with Crippen LogP contribution in [0.5, 0.6) is 0 Å². The van der Waals surface area contributed by atoms with Crippen LogP contribution in [0.2, 0.25) is 0 Å². The predicted molar refractivity (Wildman–Crippen MR) is 114 cm³/mol. The lowest BCUT2D eigenvalue weighted by Crippen LogP contribution is -2.46. The molecule has 1 aliphatic carbocycles. The molecule has 0 bridgehead atoms. The van der Waals surface area contributed by atoms with Crippen LogP contribution in [0.4, 0.5) is 0 Å². The molecular weight excluding hydrogens is 346 g/mol. The zero-order valence-corrected chi connectivity index (χ0v) is 17.1. The number of aryl methyl sites for hydroxylation is 2. The van der Waals surface area contributed by atoms with Crippen LogP contribution >= 0.6 is 0 Å². The molecule has 0 aromatic heterocycles. The van der Waals surface area contributed by atoms with Crippen molar-refractivity contribution in [1.82, 2.24) is 15.1 Å². The van der Waals surface area contributed by atoms with Gasteiger partial charge in [0.05, 0.1) is 0 Å². The highest BCUT2D eigenvalue weighted by Gasteiger charge is 2.28. The fraction of sp³-hybridized carbons (Fsp3) is 0.458. The number of rotatable bonds is 4. The van der Waals surface area contributed by atoms with Crippen LogP contribution in [0.1, 0.15) is 51.5 Å². The van der Waals surface area contributed by atoms with Gasteiger partial charge in [-0.05, 0) is 67.6 Å². The van der Waals surface area contributed by atoms with Crippen molar-refractivity contribution in [2.24, 2.45) is 0 Å². The van der Waals surface area contributed by atoms with Gasteiger partial charge in [-0.1, -0.05) is 30.3 Å². The molecule has 4 nitrogen and oxygen atoms in total. The van der Waals surface area contributed by atoms with Gasteiger partial charge in [-0.2, -0.15) is 0 Å². The first-order chi connectivity index (χ1) is 13.6. The highest BCUT2D eigenvalue weighted by Crippen LogP contribution is 2.35. The summed E-state index contributed by atoms with van der Waals surface area (Å²) in [5.41, 5.74) is 5.96. The lowest BCUT2D eigenvalue weighted by atomic mass is 9.85. The van der Waals surface area contributed by atoms with Crippen LogP contribution in [0.15, 0.2) is 42.5 Å². The monoisotopic (exact) mass is 377 g/mol. The van der Waals surface area contributed by atoms with Crippen LogP contribution in [0, 0.1) is 6.92 Å². The number of amides is 1. The van der Waals surface area contributed by atoms with Crippen molar-refractivity contribution in [3.05, 3.63) is 70.3 Å². The van der Waals surface area contributed by atoms with E-state index in [9.17, 15) is 4.79 Å². The maximum atomic E-state index is 12.8. The number of nitrogens with zero attached hydrogens (tertiary/aromatic N) is 2. The maximum absolute atomic E-state index is 12.8. The molecule has 1 saturated heterocycles. The number of benzene rings is 2. The Morgan fingerprint density at radius 2 is 1.89 bits per heavy atom. The summed E-state index contributed by atoms with van der Waals surface area (Å²) >= 11 is 0. The highest BCUT2D eigenvalue weighted by molar-refractivity contribution is 5.94. The molecule has 1 N–H and O–H groups in total. The summed E-state index contributed by atoms with van der Waals surface area (Å²) in [6, 6.07) is 15.0. The van der Waals surface area contributed by atoms with Gasteiger partial charge in [0, 0.05) is 44.3 Å². The number of carbonyl (C=O) groups is 1. The summed E-state index contributed by atoms with van der Waals surface area (Å²) < 4.78 is 0. The van der Waals surface area contributed by atoms with E-state index in [2.05, 4.69) is 53.4 Å². The summed E-state index contributed by atoms with van der Waals surface area (Å²) in [5.74, 6) is 0.0220. The zero-order valence-electron chi connectivity index (χ0n) is 17.1. The van der Waals surface area contributed by atoms with Crippen molar-refractivity contribution in [3.63, 3.8) is 0 Å². The van der Waals surface area contributed by atoms with Crippen molar-refractivity contribution in [2.45, 2.75) is 38.8 Å². The lowest BCUT2D eigenvalue weighted by molar-refractivity contribution is 0.0947. The Bertz CT molecular complexity index is 839. The molecule has 1 heterocycles. The molecule has 4 heteroatoms. The van der Waals surface area contributed by atoms with Crippen LogP contribution in [-0.2, 0) is 13.0 Å². The molecule has 4 rings (SSSR count). The van der Waals surface area contributed by atoms with E-state index in [0.29, 0.717) is 12.6 Å². The first kappa shape index (κ1) is 19.2. The van der Waals surface area contributed by atoms with Crippen molar-refractivity contribution < 1.29 is 4.79 Å². The van der Waals surface area contributed by atoms with Crippen LogP contribution in [0.3, 0.4) is 0 Å². The second-order valence-electron chi connectivity index (χ2n) is 8.27. The fourth-order valence-corrected chi connectivity index (χ4v) is 4.51. The summed E-state index contributed by atoms with van der Waals surface area (Å²) in [7, 11) is 2.20. The number of hydrogen-bond acceptors (Lipinski definition) is 3. The molecule has 1 aliphatic heterocycles. The van der Waals surface area contributed by atoms with Crippen LogP contribution in [0.25, 0.3) is 0 Å². The number of likely N-dealkylation sites (N-methyl/N-ethyl adjacent to an activating group) is 1. The van der Waals surface area contributed by atoms with Crippen molar-refractivity contribution in [3.8, 4) is 0 Å². The summed E-state index contributed by atoms with van der Waals surface area (Å²) in [4.78, 5) is 17.8. The largest absolute Gasteiger partial charge is 0.348 e. The van der Waals surface area contributed by atoms with E-state index in [-0.39, 0.29) is 5.91 Å². The Morgan fingerprint density at radius 3 is 2.68 bits per heavy atom. The second-order valence-corrected chi connectivity index (χ2v) is 8.27. The molecular formula is C24H31N3O. The Kier molecular flexibility index (Phi) is 5.79. The molecule has 0 radical (unpaired) electrons. The van der Waals surface area contributed by atoms with Gasteiger partial charge >= 0.3 is 0 Å². The molecule has 0 spiro atoms. The molecule has 148 valence electrons. The van der Waals surface area contributed by atoms with Gasteiger partial charge in [-0.25, -0.2) is 0 Å². The van der Waals surface area contributed by atoms with Gasteiger partial charge in [0.2, 0.25) is 0 Å². The van der Waals surface area contributed by atoms with E-state index in [1.54, 1.807) is 0 Å². The summed E-state index contributed by atoms with van der Waals surface area (Å²) in [6.45, 7) is 7.14. The first-order valence-corrected chi connectivity index (χ1v) is 10.5. The minimum atomic E-state index is 0.0220. The molecule has 28 heavy (non-hydrogen) atoms. The molecule has 0 saturated carbocycles. The topological polar surface area (TPSA) is 35.6 Å². The number of piperazine rings is 1. The molecule has 2 aromatic carbocycles. The average molecular weight is 378 g/mol. The third-order valence-corrected chi connectivity index (χ3v) is 6.37. The van der Waals surface area contributed by atoms with E-state index in [1.165, 1.54) is 35.1 Å². The third kappa shape index (κ3) is 4.13. The van der Waals surface area contributed by atoms with Crippen molar-refractivity contribution in [1.29, 1.82) is 0 Å². The maximum Gasteiger partial charge on any atom is 0.251 e. The van der Waals surface area contributed by atoms with E-state index in [4.69, 9.17) is 0 Å². The Balaban J connectivity index is 1.49. The molecule has 1 unspecified atom stereocenters. The molecule has 2 aromatic rings. The Labute approximate surface area is 168 Å². The lowest BCUT2D eigenvalue weighted by Gasteiger charge is -2.40. The van der Waals surface area contributed by atoms with Gasteiger partial charge in [0.15, 0.2) is 0 Å². The molecule has 1 atom stereocenters. The van der Waals surface area contributed by atoms with E-state index in [1.807, 2.05) is 18.2 Å². The van der Waals surface area contributed by atoms with E-state index in [0.717, 1.165) is 38.2 Å². The van der Waals surface area contributed by atoms with Gasteiger partial charge < -0.3 is 10.2 Å². The number of fused-ring (bicyclic) bond motifs is 1. The van der Waals surface area contributed by atoms with Gasteiger partial charge in [-0.15, -0.1) is 0 Å². The fourth-order valence-electron chi connectivity index (χ4n) is 4.51. The van der Waals surface area contributed by atoms with E-state index >= 15 is 0 Å². The van der Waals surface area contributed by atoms with Crippen LogP contribution < -0.4 is 5.32 Å². The minimum Gasteiger partial charge on any atom is -0.348 e. The minimum absolute atomic E-state index is 0.0220. The van der Waals surface area contributed by atoms with Crippen molar-refractivity contribution >= 4 is 5.91 Å². The Morgan fingerprint density at radius 1 is 1.11 bits per heavy atom. The SMILES string of the molecule is Cc1ccccc1CNC(=O)c1ccc2c(c1)C(N1CCN(C)CC1)CCC2. The second kappa shape index (κ2) is 8.46. The average Bonchev–Trinajstić information content (AvgIpc) is 2.73. The standard InChI is InChI=1S/C24H31N3O/c1-18-6-3-4-7-21(18)17-25-24(28)20-11-10-19-8-5-9-23(22(19)16-20)27-14-12-26(2)13-15-27/h3-4,6-7,10-11,16,23H,5,8-9,12-15,17H2,1-2H3,(H,25,28). The smallest absolute Gasteiger partial charge is 0.251 e. The van der Waals surface area contributed by atoms with Gasteiger partial charge in [0.1, 0.15) is 0 Å². The molecule has 1 fully saturated rings. The predicted octanol–water partition coefficient (Wildman–Crippen LogP) is 3.55. The number of carbonyl (C=O) groups excluding carboxylic acids is 1. The summed E-state index contributed by atoms with van der Waals surface area (Å²) in [5, 5.41) is 3.10.